The predicted octanol–water partition coefficient (Wildman–Crippen LogP) is 3.54. The van der Waals surface area contributed by atoms with Crippen LogP contribution in [-0.4, -0.2) is 17.6 Å². The number of rotatable bonds is 7. The molecule has 0 aliphatic carbocycles. The number of likely N-dealkylation sites (N-methyl/N-ethyl adjacent to an activating group) is 1. The molecule has 0 radical (unpaired) electrons. The molecule has 2 aromatic rings. The van der Waals surface area contributed by atoms with E-state index in [0.717, 1.165) is 25.8 Å². The van der Waals surface area contributed by atoms with E-state index < -0.39 is 0 Å². The van der Waals surface area contributed by atoms with Crippen LogP contribution in [0.3, 0.4) is 0 Å². The van der Waals surface area contributed by atoms with Gasteiger partial charge in [-0.2, -0.15) is 0 Å². The fourth-order valence-corrected chi connectivity index (χ4v) is 2.54. The summed E-state index contributed by atoms with van der Waals surface area (Å²) in [6.07, 6.45) is 5.14. The predicted molar refractivity (Wildman–Crippen MR) is 84.9 cm³/mol. The first-order valence-electron chi connectivity index (χ1n) is 7.46. The van der Waals surface area contributed by atoms with Gasteiger partial charge in [-0.3, -0.25) is 4.98 Å². The number of pyridine rings is 1. The minimum Gasteiger partial charge on any atom is -0.314 e. The lowest BCUT2D eigenvalue weighted by atomic mass is 10.0. The van der Waals surface area contributed by atoms with Crippen LogP contribution in [0.1, 0.15) is 30.2 Å². The van der Waals surface area contributed by atoms with Crippen LogP contribution in [-0.2, 0) is 12.8 Å². The van der Waals surface area contributed by atoms with Crippen molar-refractivity contribution < 1.29 is 0 Å². The Kier molecular flexibility index (Phi) is 5.75. The average Bonchev–Trinajstić information content (AvgIpc) is 2.46. The summed E-state index contributed by atoms with van der Waals surface area (Å²) in [4.78, 5) is 4.43. The highest BCUT2D eigenvalue weighted by atomic mass is 14.9. The minimum absolute atomic E-state index is 0.496. The van der Waals surface area contributed by atoms with Crippen molar-refractivity contribution in [2.24, 2.45) is 0 Å². The molecule has 0 amide bonds. The van der Waals surface area contributed by atoms with Crippen LogP contribution in [0.2, 0.25) is 0 Å². The molecule has 0 aliphatic rings. The van der Waals surface area contributed by atoms with Crippen molar-refractivity contribution >= 4 is 0 Å². The minimum atomic E-state index is 0.496. The lowest BCUT2D eigenvalue weighted by Gasteiger charge is -2.17. The molecule has 2 heteroatoms. The highest BCUT2D eigenvalue weighted by Crippen LogP contribution is 2.10. The first-order valence-corrected chi connectivity index (χ1v) is 7.46. The summed E-state index contributed by atoms with van der Waals surface area (Å²) < 4.78 is 0. The van der Waals surface area contributed by atoms with E-state index in [1.807, 2.05) is 12.3 Å². The molecule has 1 aromatic carbocycles. The van der Waals surface area contributed by atoms with Gasteiger partial charge in [-0.15, -0.1) is 0 Å². The van der Waals surface area contributed by atoms with Gasteiger partial charge in [0, 0.05) is 24.4 Å². The molecule has 1 unspecified atom stereocenters. The Morgan fingerprint density at radius 3 is 2.75 bits per heavy atom. The molecular formula is C18H24N2. The number of hydrogen-bond donors (Lipinski definition) is 1. The standard InChI is InChI=1S/C18H24N2/c1-3-19-18(14-17-9-4-5-12-20-17)11-10-16-8-6-7-15(2)13-16/h4-9,12-13,18-19H,3,10-11,14H2,1-2H3. The third kappa shape index (κ3) is 4.78. The van der Waals surface area contributed by atoms with E-state index in [2.05, 4.69) is 60.5 Å². The summed E-state index contributed by atoms with van der Waals surface area (Å²) in [5.74, 6) is 0. The van der Waals surface area contributed by atoms with Crippen molar-refractivity contribution in [1.82, 2.24) is 10.3 Å². The Hall–Kier alpha value is -1.67. The van der Waals surface area contributed by atoms with E-state index in [0.29, 0.717) is 6.04 Å². The largest absolute Gasteiger partial charge is 0.314 e. The van der Waals surface area contributed by atoms with Gasteiger partial charge in [-0.05, 0) is 44.0 Å². The maximum Gasteiger partial charge on any atom is 0.0419 e. The molecule has 0 saturated carbocycles. The SMILES string of the molecule is CCNC(CCc1cccc(C)c1)Cc1ccccn1. The van der Waals surface area contributed by atoms with Crippen LogP contribution in [0.15, 0.2) is 48.7 Å². The highest BCUT2D eigenvalue weighted by molar-refractivity contribution is 5.22. The molecule has 1 atom stereocenters. The number of aromatic nitrogens is 1. The summed E-state index contributed by atoms with van der Waals surface area (Å²) in [5, 5.41) is 3.58. The summed E-state index contributed by atoms with van der Waals surface area (Å²) in [5.41, 5.74) is 3.93. The molecule has 0 aliphatic heterocycles. The number of aryl methyl sites for hydroxylation is 2. The lowest BCUT2D eigenvalue weighted by molar-refractivity contribution is 0.487. The Bertz CT molecular complexity index is 508. The van der Waals surface area contributed by atoms with E-state index in [4.69, 9.17) is 0 Å². The zero-order chi connectivity index (χ0) is 14.2. The number of hydrogen-bond acceptors (Lipinski definition) is 2. The molecule has 1 aromatic heterocycles. The van der Waals surface area contributed by atoms with Gasteiger partial charge in [0.05, 0.1) is 0 Å². The second-order valence-electron chi connectivity index (χ2n) is 5.31. The van der Waals surface area contributed by atoms with Crippen LogP contribution in [0.5, 0.6) is 0 Å². The summed E-state index contributed by atoms with van der Waals surface area (Å²) in [6, 6.07) is 15.4. The van der Waals surface area contributed by atoms with E-state index in [-0.39, 0.29) is 0 Å². The Balaban J connectivity index is 1.92. The molecule has 20 heavy (non-hydrogen) atoms. The summed E-state index contributed by atoms with van der Waals surface area (Å²) in [6.45, 7) is 5.32. The van der Waals surface area contributed by atoms with Gasteiger partial charge in [0.1, 0.15) is 0 Å². The van der Waals surface area contributed by atoms with Crippen molar-refractivity contribution in [3.63, 3.8) is 0 Å². The third-order valence-electron chi connectivity index (χ3n) is 3.54. The molecule has 1 N–H and O–H groups in total. The van der Waals surface area contributed by atoms with Gasteiger partial charge in [0.25, 0.3) is 0 Å². The van der Waals surface area contributed by atoms with Crippen LogP contribution >= 0.6 is 0 Å². The van der Waals surface area contributed by atoms with Crippen LogP contribution in [0, 0.1) is 6.92 Å². The lowest BCUT2D eigenvalue weighted by Crippen LogP contribution is -2.31. The van der Waals surface area contributed by atoms with Crippen molar-refractivity contribution in [2.45, 2.75) is 39.2 Å². The van der Waals surface area contributed by atoms with Crippen LogP contribution in [0.4, 0.5) is 0 Å². The molecule has 0 bridgehead atoms. The van der Waals surface area contributed by atoms with Gasteiger partial charge in [-0.1, -0.05) is 42.8 Å². The maximum absolute atomic E-state index is 4.43. The normalized spacial score (nSPS) is 12.3. The quantitative estimate of drug-likeness (QED) is 0.830. The maximum atomic E-state index is 4.43. The Morgan fingerprint density at radius 2 is 2.05 bits per heavy atom. The van der Waals surface area contributed by atoms with E-state index >= 15 is 0 Å². The van der Waals surface area contributed by atoms with E-state index in [1.54, 1.807) is 0 Å². The first kappa shape index (κ1) is 14.7. The number of nitrogens with one attached hydrogen (secondary N) is 1. The molecule has 2 nitrogen and oxygen atoms in total. The molecule has 0 fully saturated rings. The monoisotopic (exact) mass is 268 g/mol. The van der Waals surface area contributed by atoms with E-state index in [9.17, 15) is 0 Å². The fraction of sp³-hybridized carbons (Fsp3) is 0.389. The molecular weight excluding hydrogens is 244 g/mol. The van der Waals surface area contributed by atoms with Gasteiger partial charge < -0.3 is 5.32 Å². The van der Waals surface area contributed by atoms with Crippen LogP contribution < -0.4 is 5.32 Å². The first-order chi connectivity index (χ1) is 9.78. The average molecular weight is 268 g/mol. The van der Waals surface area contributed by atoms with Gasteiger partial charge in [0.2, 0.25) is 0 Å². The fourth-order valence-electron chi connectivity index (χ4n) is 2.54. The van der Waals surface area contributed by atoms with Crippen molar-refractivity contribution in [3.05, 3.63) is 65.5 Å². The molecule has 0 saturated heterocycles. The summed E-state index contributed by atoms with van der Waals surface area (Å²) >= 11 is 0. The zero-order valence-corrected chi connectivity index (χ0v) is 12.5. The molecule has 106 valence electrons. The van der Waals surface area contributed by atoms with E-state index in [1.165, 1.54) is 16.8 Å². The second kappa shape index (κ2) is 7.81. The number of nitrogens with zero attached hydrogens (tertiary/aromatic N) is 1. The summed E-state index contributed by atoms with van der Waals surface area (Å²) in [7, 11) is 0. The third-order valence-corrected chi connectivity index (χ3v) is 3.54. The van der Waals surface area contributed by atoms with Gasteiger partial charge in [-0.25, -0.2) is 0 Å². The molecule has 2 rings (SSSR count). The molecule has 0 spiro atoms. The van der Waals surface area contributed by atoms with Crippen molar-refractivity contribution in [2.75, 3.05) is 6.54 Å². The van der Waals surface area contributed by atoms with Crippen LogP contribution in [0.25, 0.3) is 0 Å². The number of benzene rings is 1. The Morgan fingerprint density at radius 1 is 1.15 bits per heavy atom. The molecule has 1 heterocycles. The second-order valence-corrected chi connectivity index (χ2v) is 5.31. The zero-order valence-electron chi connectivity index (χ0n) is 12.5. The van der Waals surface area contributed by atoms with Gasteiger partial charge >= 0.3 is 0 Å². The Labute approximate surface area is 122 Å². The topological polar surface area (TPSA) is 24.9 Å². The smallest absolute Gasteiger partial charge is 0.0419 e. The highest BCUT2D eigenvalue weighted by Gasteiger charge is 2.09. The van der Waals surface area contributed by atoms with Crippen molar-refractivity contribution in [3.8, 4) is 0 Å². The van der Waals surface area contributed by atoms with Gasteiger partial charge in [0.15, 0.2) is 0 Å². The van der Waals surface area contributed by atoms with Crippen molar-refractivity contribution in [1.29, 1.82) is 0 Å².